The number of benzene rings is 1. The van der Waals surface area contributed by atoms with Crippen molar-refractivity contribution in [3.8, 4) is 0 Å². The van der Waals surface area contributed by atoms with Gasteiger partial charge in [0.15, 0.2) is 0 Å². The molecule has 0 unspecified atom stereocenters. The zero-order chi connectivity index (χ0) is 15.8. The molecule has 0 N–H and O–H groups in total. The highest BCUT2D eigenvalue weighted by atomic mass is 28.3. The Morgan fingerprint density at radius 2 is 2.05 bits per heavy atom. The Balaban J connectivity index is 3.11. The molecule has 117 valence electrons. The van der Waals surface area contributed by atoms with Crippen molar-refractivity contribution in [3.05, 3.63) is 34.9 Å². The summed E-state index contributed by atoms with van der Waals surface area (Å²) in [6.45, 7) is 6.87. The summed E-state index contributed by atoms with van der Waals surface area (Å²) >= 11 is 0. The standard InChI is InChI=1S/C16H26NO3Si/c1-6-7-9-13-10-8-11-14(16(18)17(2)19-3)15(13)12-20-21(4)5/h8,10-11H,6-7,9,12H2,1-5H3. The minimum atomic E-state index is -0.792. The van der Waals surface area contributed by atoms with Crippen LogP contribution in [-0.2, 0) is 22.3 Å². The predicted octanol–water partition coefficient (Wildman–Crippen LogP) is 3.43. The summed E-state index contributed by atoms with van der Waals surface area (Å²) in [6, 6.07) is 5.88. The number of rotatable bonds is 8. The zero-order valence-electron chi connectivity index (χ0n) is 13.7. The summed E-state index contributed by atoms with van der Waals surface area (Å²) in [5.41, 5.74) is 2.89. The van der Waals surface area contributed by atoms with E-state index in [4.69, 9.17) is 9.26 Å². The van der Waals surface area contributed by atoms with Crippen LogP contribution < -0.4 is 0 Å². The summed E-state index contributed by atoms with van der Waals surface area (Å²) in [4.78, 5) is 17.4. The Bertz CT molecular complexity index is 463. The van der Waals surface area contributed by atoms with E-state index in [0.29, 0.717) is 12.2 Å². The van der Waals surface area contributed by atoms with Gasteiger partial charge in [-0.1, -0.05) is 25.5 Å². The summed E-state index contributed by atoms with van der Waals surface area (Å²) in [5.74, 6) is -0.129. The van der Waals surface area contributed by atoms with E-state index in [1.165, 1.54) is 17.7 Å². The lowest BCUT2D eigenvalue weighted by molar-refractivity contribution is -0.0758. The number of unbranched alkanes of at least 4 members (excludes halogenated alkanes) is 1. The van der Waals surface area contributed by atoms with E-state index < -0.39 is 9.04 Å². The van der Waals surface area contributed by atoms with Crippen LogP contribution in [0.5, 0.6) is 0 Å². The highest BCUT2D eigenvalue weighted by Gasteiger charge is 2.18. The lowest BCUT2D eigenvalue weighted by atomic mass is 9.97. The molecule has 0 aromatic heterocycles. The number of amides is 1. The summed E-state index contributed by atoms with van der Waals surface area (Å²) < 4.78 is 5.84. The van der Waals surface area contributed by atoms with Gasteiger partial charge in [-0.2, -0.15) is 0 Å². The lowest BCUT2D eigenvalue weighted by Gasteiger charge is -2.19. The molecule has 0 saturated carbocycles. The molecule has 0 aliphatic rings. The average molecular weight is 308 g/mol. The molecule has 21 heavy (non-hydrogen) atoms. The fourth-order valence-corrected chi connectivity index (χ4v) is 2.51. The van der Waals surface area contributed by atoms with E-state index in [1.807, 2.05) is 12.1 Å². The predicted molar refractivity (Wildman–Crippen MR) is 86.4 cm³/mol. The van der Waals surface area contributed by atoms with E-state index in [2.05, 4.69) is 26.1 Å². The second-order valence-corrected chi connectivity index (χ2v) is 7.33. The summed E-state index contributed by atoms with van der Waals surface area (Å²) in [7, 11) is 2.33. The quantitative estimate of drug-likeness (QED) is 0.545. The number of carbonyl (C=O) groups excluding carboxylic acids is 1. The Morgan fingerprint density at radius 3 is 2.62 bits per heavy atom. The zero-order valence-corrected chi connectivity index (χ0v) is 14.7. The molecule has 5 heteroatoms. The second-order valence-electron chi connectivity index (χ2n) is 5.23. The molecule has 0 aliphatic heterocycles. The third kappa shape index (κ3) is 5.26. The molecular weight excluding hydrogens is 282 g/mol. The molecule has 0 aliphatic carbocycles. The number of aryl methyl sites for hydroxylation is 1. The maximum absolute atomic E-state index is 12.4. The van der Waals surface area contributed by atoms with Crippen LogP contribution in [0.15, 0.2) is 18.2 Å². The fourth-order valence-electron chi connectivity index (χ4n) is 2.08. The molecule has 1 rings (SSSR count). The average Bonchev–Trinajstić information content (AvgIpc) is 2.49. The van der Waals surface area contributed by atoms with Crippen LogP contribution in [0.1, 0.15) is 41.3 Å². The first-order valence-corrected chi connectivity index (χ1v) is 9.78. The Kier molecular flexibility index (Phi) is 7.64. The first kappa shape index (κ1) is 17.9. The van der Waals surface area contributed by atoms with Gasteiger partial charge in [-0.3, -0.25) is 9.63 Å². The molecule has 0 saturated heterocycles. The van der Waals surface area contributed by atoms with Crippen LogP contribution in [0, 0.1) is 0 Å². The van der Waals surface area contributed by atoms with E-state index in [-0.39, 0.29) is 5.91 Å². The van der Waals surface area contributed by atoms with Gasteiger partial charge in [0.2, 0.25) is 9.04 Å². The third-order valence-electron chi connectivity index (χ3n) is 3.37. The van der Waals surface area contributed by atoms with Crippen molar-refractivity contribution >= 4 is 14.9 Å². The molecule has 1 aromatic carbocycles. The number of carbonyl (C=O) groups is 1. The van der Waals surface area contributed by atoms with E-state index in [1.54, 1.807) is 7.05 Å². The Morgan fingerprint density at radius 1 is 1.33 bits per heavy atom. The molecule has 0 heterocycles. The fraction of sp³-hybridized carbons (Fsp3) is 0.562. The minimum absolute atomic E-state index is 0.129. The molecule has 1 aromatic rings. The van der Waals surface area contributed by atoms with Gasteiger partial charge in [0, 0.05) is 12.6 Å². The highest BCUT2D eigenvalue weighted by Crippen LogP contribution is 2.20. The van der Waals surface area contributed by atoms with Gasteiger partial charge >= 0.3 is 0 Å². The first-order valence-electron chi connectivity index (χ1n) is 7.37. The monoisotopic (exact) mass is 308 g/mol. The molecule has 1 radical (unpaired) electrons. The van der Waals surface area contributed by atoms with Crippen LogP contribution >= 0.6 is 0 Å². The van der Waals surface area contributed by atoms with Crippen LogP contribution in [0.2, 0.25) is 13.1 Å². The first-order chi connectivity index (χ1) is 10.0. The van der Waals surface area contributed by atoms with Crippen molar-refractivity contribution < 1.29 is 14.1 Å². The topological polar surface area (TPSA) is 38.8 Å². The molecular formula is C16H26NO3Si. The highest BCUT2D eigenvalue weighted by molar-refractivity contribution is 6.48. The maximum atomic E-state index is 12.4. The summed E-state index contributed by atoms with van der Waals surface area (Å²) in [6.07, 6.45) is 3.22. The Labute approximate surface area is 129 Å². The van der Waals surface area contributed by atoms with Crippen LogP contribution in [0.25, 0.3) is 0 Å². The molecule has 0 spiro atoms. The van der Waals surface area contributed by atoms with Crippen LogP contribution in [0.3, 0.4) is 0 Å². The van der Waals surface area contributed by atoms with Gasteiger partial charge in [0.25, 0.3) is 5.91 Å². The third-order valence-corrected chi connectivity index (χ3v) is 4.09. The van der Waals surface area contributed by atoms with E-state index in [0.717, 1.165) is 24.8 Å². The number of hydroxylamine groups is 2. The van der Waals surface area contributed by atoms with Crippen LogP contribution in [-0.4, -0.2) is 34.2 Å². The van der Waals surface area contributed by atoms with Gasteiger partial charge in [-0.15, -0.1) is 0 Å². The van der Waals surface area contributed by atoms with Gasteiger partial charge in [-0.25, -0.2) is 5.06 Å². The van der Waals surface area contributed by atoms with E-state index >= 15 is 0 Å². The van der Waals surface area contributed by atoms with Crippen molar-refractivity contribution in [2.75, 3.05) is 14.2 Å². The van der Waals surface area contributed by atoms with Gasteiger partial charge in [-0.05, 0) is 43.1 Å². The largest absolute Gasteiger partial charge is 0.413 e. The molecule has 0 fully saturated rings. The van der Waals surface area contributed by atoms with Gasteiger partial charge in [0.1, 0.15) is 0 Å². The van der Waals surface area contributed by atoms with Crippen molar-refractivity contribution in [2.24, 2.45) is 0 Å². The van der Waals surface area contributed by atoms with Crippen molar-refractivity contribution in [3.63, 3.8) is 0 Å². The Hall–Kier alpha value is -1.17. The number of hydrogen-bond donors (Lipinski definition) is 0. The molecule has 1 amide bonds. The molecule has 4 nitrogen and oxygen atoms in total. The van der Waals surface area contributed by atoms with Gasteiger partial charge in [0.05, 0.1) is 13.7 Å². The SMILES string of the molecule is CCCCc1cccc(C(=O)N(C)OC)c1CO[Si](C)C. The molecule has 0 atom stereocenters. The minimum Gasteiger partial charge on any atom is -0.413 e. The molecule has 0 bridgehead atoms. The van der Waals surface area contributed by atoms with Crippen LogP contribution in [0.4, 0.5) is 0 Å². The normalized spacial score (nSPS) is 11.0. The summed E-state index contributed by atoms with van der Waals surface area (Å²) in [5, 5.41) is 1.26. The lowest BCUT2D eigenvalue weighted by Crippen LogP contribution is -2.27. The second kappa shape index (κ2) is 8.97. The number of nitrogens with zero attached hydrogens (tertiary/aromatic N) is 1. The van der Waals surface area contributed by atoms with E-state index in [9.17, 15) is 4.79 Å². The maximum Gasteiger partial charge on any atom is 0.277 e. The smallest absolute Gasteiger partial charge is 0.277 e. The van der Waals surface area contributed by atoms with Gasteiger partial charge < -0.3 is 4.43 Å². The van der Waals surface area contributed by atoms with Crippen molar-refractivity contribution in [1.29, 1.82) is 0 Å². The van der Waals surface area contributed by atoms with Crippen molar-refractivity contribution in [1.82, 2.24) is 5.06 Å². The number of hydrogen-bond acceptors (Lipinski definition) is 3. The van der Waals surface area contributed by atoms with Crippen molar-refractivity contribution in [2.45, 2.75) is 45.9 Å².